The summed E-state index contributed by atoms with van der Waals surface area (Å²) in [4.78, 5) is 10.4. The number of nitrogens with zero attached hydrogens (tertiary/aromatic N) is 3. The van der Waals surface area contributed by atoms with Crippen LogP contribution in [0.5, 0.6) is 5.75 Å². The lowest BCUT2D eigenvalue weighted by molar-refractivity contribution is -0.385. The van der Waals surface area contributed by atoms with Crippen LogP contribution in [0.1, 0.15) is 11.1 Å². The smallest absolute Gasteiger partial charge is 0.310 e. The number of benzene rings is 1. The van der Waals surface area contributed by atoms with Gasteiger partial charge in [0.15, 0.2) is 5.75 Å². The quantitative estimate of drug-likeness (QED) is 0.637. The maximum Gasteiger partial charge on any atom is 0.310 e. The molecular formula is C13H15N3O4. The van der Waals surface area contributed by atoms with E-state index in [0.29, 0.717) is 18.6 Å². The monoisotopic (exact) mass is 277 g/mol. The van der Waals surface area contributed by atoms with Gasteiger partial charge in [-0.15, -0.1) is 0 Å². The van der Waals surface area contributed by atoms with E-state index in [2.05, 4.69) is 5.10 Å². The van der Waals surface area contributed by atoms with Crippen LogP contribution >= 0.6 is 0 Å². The molecule has 1 N–H and O–H groups in total. The van der Waals surface area contributed by atoms with E-state index in [1.165, 1.54) is 18.2 Å². The number of aryl methyl sites for hydroxylation is 1. The Morgan fingerprint density at radius 3 is 2.85 bits per heavy atom. The molecule has 2 rings (SSSR count). The molecule has 0 aliphatic rings. The Balaban J connectivity index is 2.05. The fraction of sp³-hybridized carbons (Fsp3) is 0.308. The zero-order chi connectivity index (χ0) is 14.5. The van der Waals surface area contributed by atoms with E-state index in [1.54, 1.807) is 10.9 Å². The van der Waals surface area contributed by atoms with Gasteiger partial charge < -0.3 is 9.84 Å². The molecule has 0 bridgehead atoms. The summed E-state index contributed by atoms with van der Waals surface area (Å²) in [6.45, 7) is 0.123. The lowest BCUT2D eigenvalue weighted by Crippen LogP contribution is -2.04. The number of aliphatic hydroxyl groups is 1. The minimum Gasteiger partial charge on any atom is -0.486 e. The van der Waals surface area contributed by atoms with Crippen LogP contribution in [0.2, 0.25) is 0 Å². The molecule has 0 unspecified atom stereocenters. The van der Waals surface area contributed by atoms with Crippen molar-refractivity contribution in [2.75, 3.05) is 6.61 Å². The molecule has 0 fully saturated rings. The molecule has 0 spiro atoms. The third-order valence-corrected chi connectivity index (χ3v) is 2.81. The Morgan fingerprint density at radius 2 is 2.25 bits per heavy atom. The lowest BCUT2D eigenvalue weighted by atomic mass is 10.2. The van der Waals surface area contributed by atoms with E-state index in [9.17, 15) is 10.1 Å². The maximum absolute atomic E-state index is 10.9. The topological polar surface area (TPSA) is 90.4 Å². The molecule has 2 aromatic rings. The molecule has 20 heavy (non-hydrogen) atoms. The predicted octanol–water partition coefficient (Wildman–Crippen LogP) is 1.44. The number of rotatable bonds is 6. The minimum atomic E-state index is -0.499. The summed E-state index contributed by atoms with van der Waals surface area (Å²) in [5.41, 5.74) is 1.47. The van der Waals surface area contributed by atoms with Crippen LogP contribution in [0.15, 0.2) is 30.6 Å². The van der Waals surface area contributed by atoms with Crippen LogP contribution in [0, 0.1) is 10.1 Å². The third-order valence-electron chi connectivity index (χ3n) is 2.81. The summed E-state index contributed by atoms with van der Waals surface area (Å²) in [6.07, 6.45) is 4.19. The fourth-order valence-corrected chi connectivity index (χ4v) is 1.80. The molecule has 7 heteroatoms. The third kappa shape index (κ3) is 3.33. The zero-order valence-electron chi connectivity index (χ0n) is 11.0. The van der Waals surface area contributed by atoms with Crippen molar-refractivity contribution in [2.24, 2.45) is 7.05 Å². The lowest BCUT2D eigenvalue weighted by Gasteiger charge is -2.07. The molecule has 1 aromatic heterocycles. The Bertz CT molecular complexity index is 609. The van der Waals surface area contributed by atoms with Gasteiger partial charge in [0.25, 0.3) is 0 Å². The van der Waals surface area contributed by atoms with Crippen molar-refractivity contribution in [3.63, 3.8) is 0 Å². The summed E-state index contributed by atoms with van der Waals surface area (Å²) < 4.78 is 7.15. The van der Waals surface area contributed by atoms with Gasteiger partial charge >= 0.3 is 5.69 Å². The van der Waals surface area contributed by atoms with Crippen molar-refractivity contribution < 1.29 is 14.8 Å². The zero-order valence-corrected chi connectivity index (χ0v) is 11.0. The van der Waals surface area contributed by atoms with Crippen LogP contribution in [0.4, 0.5) is 5.69 Å². The standard InChI is InChI=1S/C13H15N3O4/c1-15-8-11(7-14-15)4-5-20-13-6-10(9-17)2-3-12(13)16(18)19/h2-3,6-8,17H,4-5,9H2,1H3. The van der Waals surface area contributed by atoms with Gasteiger partial charge in [0.1, 0.15) is 0 Å². The first-order valence-electron chi connectivity index (χ1n) is 6.08. The first-order chi connectivity index (χ1) is 9.60. The second-order valence-corrected chi connectivity index (χ2v) is 4.34. The van der Waals surface area contributed by atoms with E-state index in [4.69, 9.17) is 9.84 Å². The van der Waals surface area contributed by atoms with Crippen LogP contribution in [0.3, 0.4) is 0 Å². The largest absolute Gasteiger partial charge is 0.486 e. The Labute approximate surface area is 115 Å². The highest BCUT2D eigenvalue weighted by molar-refractivity contribution is 5.48. The van der Waals surface area contributed by atoms with Gasteiger partial charge in [-0.2, -0.15) is 5.10 Å². The fourth-order valence-electron chi connectivity index (χ4n) is 1.80. The summed E-state index contributed by atoms with van der Waals surface area (Å²) in [7, 11) is 1.82. The molecule has 106 valence electrons. The van der Waals surface area contributed by atoms with Gasteiger partial charge in [0.05, 0.1) is 24.3 Å². The van der Waals surface area contributed by atoms with Crippen molar-refractivity contribution >= 4 is 5.69 Å². The number of hydrogen-bond donors (Lipinski definition) is 1. The highest BCUT2D eigenvalue weighted by Crippen LogP contribution is 2.28. The van der Waals surface area contributed by atoms with Crippen LogP contribution in [0.25, 0.3) is 0 Å². The number of hydrogen-bond acceptors (Lipinski definition) is 5. The second-order valence-electron chi connectivity index (χ2n) is 4.34. The summed E-state index contributed by atoms with van der Waals surface area (Å²) in [5, 5.41) is 24.0. The first kappa shape index (κ1) is 14.0. The minimum absolute atomic E-state index is 0.103. The SMILES string of the molecule is Cn1cc(CCOc2cc(CO)ccc2[N+](=O)[O-])cn1. The van der Waals surface area contributed by atoms with E-state index < -0.39 is 4.92 Å². The van der Waals surface area contributed by atoms with Crippen LogP contribution in [-0.2, 0) is 20.1 Å². The molecular weight excluding hydrogens is 262 g/mol. The average Bonchev–Trinajstić information content (AvgIpc) is 2.84. The van der Waals surface area contributed by atoms with E-state index in [1.807, 2.05) is 13.2 Å². The van der Waals surface area contributed by atoms with Gasteiger partial charge in [-0.1, -0.05) is 0 Å². The molecule has 7 nitrogen and oxygen atoms in total. The highest BCUT2D eigenvalue weighted by Gasteiger charge is 2.15. The Morgan fingerprint density at radius 1 is 1.45 bits per heavy atom. The number of nitro groups is 1. The molecule has 0 saturated carbocycles. The van der Waals surface area contributed by atoms with Crippen molar-refractivity contribution in [1.29, 1.82) is 0 Å². The van der Waals surface area contributed by atoms with Crippen LogP contribution < -0.4 is 4.74 Å². The number of nitro benzene ring substituents is 1. The van der Waals surface area contributed by atoms with Crippen molar-refractivity contribution in [3.8, 4) is 5.75 Å². The van der Waals surface area contributed by atoms with Gasteiger partial charge in [0, 0.05) is 25.7 Å². The molecule has 0 saturated heterocycles. The number of ether oxygens (including phenoxy) is 1. The van der Waals surface area contributed by atoms with Gasteiger partial charge in [-0.3, -0.25) is 14.8 Å². The van der Waals surface area contributed by atoms with Crippen molar-refractivity contribution in [1.82, 2.24) is 9.78 Å². The second kappa shape index (κ2) is 6.16. The molecule has 0 atom stereocenters. The number of aliphatic hydroxyl groups excluding tert-OH is 1. The van der Waals surface area contributed by atoms with E-state index >= 15 is 0 Å². The number of aromatic nitrogens is 2. The molecule has 0 radical (unpaired) electrons. The molecule has 0 amide bonds. The normalized spacial score (nSPS) is 10.5. The summed E-state index contributed by atoms with van der Waals surface area (Å²) in [5.74, 6) is 0.172. The highest BCUT2D eigenvalue weighted by atomic mass is 16.6. The van der Waals surface area contributed by atoms with Crippen molar-refractivity contribution in [3.05, 3.63) is 51.8 Å². The molecule has 0 aliphatic carbocycles. The predicted molar refractivity (Wildman–Crippen MR) is 71.4 cm³/mol. The van der Waals surface area contributed by atoms with E-state index in [-0.39, 0.29) is 18.0 Å². The first-order valence-corrected chi connectivity index (χ1v) is 6.08. The van der Waals surface area contributed by atoms with E-state index in [0.717, 1.165) is 5.56 Å². The van der Waals surface area contributed by atoms with Crippen LogP contribution in [-0.4, -0.2) is 26.4 Å². The van der Waals surface area contributed by atoms with Gasteiger partial charge in [-0.25, -0.2) is 0 Å². The Hall–Kier alpha value is -2.41. The van der Waals surface area contributed by atoms with Gasteiger partial charge in [-0.05, 0) is 23.3 Å². The summed E-state index contributed by atoms with van der Waals surface area (Å²) in [6, 6.07) is 4.33. The van der Waals surface area contributed by atoms with Crippen molar-refractivity contribution in [2.45, 2.75) is 13.0 Å². The summed E-state index contributed by atoms with van der Waals surface area (Å²) >= 11 is 0. The maximum atomic E-state index is 10.9. The Kier molecular flexibility index (Phi) is 4.31. The van der Waals surface area contributed by atoms with Gasteiger partial charge in [0.2, 0.25) is 0 Å². The average molecular weight is 277 g/mol. The molecule has 0 aliphatic heterocycles. The molecule has 1 heterocycles. The molecule has 1 aromatic carbocycles.